The third-order valence-electron chi connectivity index (χ3n) is 5.09. The largest absolute Gasteiger partial charge is 0.333 e. The number of amides is 3. The summed E-state index contributed by atoms with van der Waals surface area (Å²) in [6.07, 6.45) is 1.64. The van der Waals surface area contributed by atoms with Crippen LogP contribution in [0.15, 0.2) is 71.3 Å². The molecular formula is C22H20N4O4S. The van der Waals surface area contributed by atoms with Crippen molar-refractivity contribution in [3.05, 3.63) is 83.3 Å². The Morgan fingerprint density at radius 3 is 2.19 bits per heavy atom. The van der Waals surface area contributed by atoms with Crippen LogP contribution in [0.25, 0.3) is 11.8 Å². The molecule has 3 N–H and O–H groups in total. The molecule has 1 aromatic heterocycles. The molecule has 9 heteroatoms. The average molecular weight is 436 g/mol. The van der Waals surface area contributed by atoms with Crippen molar-refractivity contribution in [3.63, 3.8) is 0 Å². The van der Waals surface area contributed by atoms with Crippen molar-refractivity contribution in [1.82, 2.24) is 9.88 Å². The van der Waals surface area contributed by atoms with E-state index in [0.29, 0.717) is 5.69 Å². The summed E-state index contributed by atoms with van der Waals surface area (Å²) >= 11 is 0. The predicted molar refractivity (Wildman–Crippen MR) is 117 cm³/mol. The number of carbonyl (C=O) groups is 2. The fourth-order valence-electron chi connectivity index (χ4n) is 3.62. The topological polar surface area (TPSA) is 114 Å². The van der Waals surface area contributed by atoms with Gasteiger partial charge in [-0.05, 0) is 68.0 Å². The van der Waals surface area contributed by atoms with Crippen molar-refractivity contribution in [2.75, 3.05) is 4.90 Å². The van der Waals surface area contributed by atoms with Gasteiger partial charge in [-0.25, -0.2) is 23.3 Å². The average Bonchev–Trinajstić information content (AvgIpc) is 3.16. The summed E-state index contributed by atoms with van der Waals surface area (Å²) in [4.78, 5) is 26.3. The first-order valence-corrected chi connectivity index (χ1v) is 11.0. The Balaban J connectivity index is 1.69. The standard InChI is InChI=1S/C22H20N4O4S/c1-14-12-16(15(2)25(14)18-8-10-19(11-9-18)31(23,29)30)13-20-21(27)26(22(28)24-20)17-6-4-3-5-7-17/h3-13H,1-2H3,(H,24,28)(H2,23,29,30). The number of imide groups is 1. The zero-order chi connectivity index (χ0) is 22.3. The highest BCUT2D eigenvalue weighted by molar-refractivity contribution is 7.89. The van der Waals surface area contributed by atoms with Gasteiger partial charge in [-0.15, -0.1) is 0 Å². The van der Waals surface area contributed by atoms with Gasteiger partial charge in [0.1, 0.15) is 5.70 Å². The van der Waals surface area contributed by atoms with Crippen LogP contribution in [0.2, 0.25) is 0 Å². The van der Waals surface area contributed by atoms with E-state index < -0.39 is 22.0 Å². The number of nitrogens with zero attached hydrogens (tertiary/aromatic N) is 2. The van der Waals surface area contributed by atoms with E-state index in [4.69, 9.17) is 5.14 Å². The van der Waals surface area contributed by atoms with Gasteiger partial charge in [0.05, 0.1) is 10.6 Å². The maximum atomic E-state index is 12.8. The van der Waals surface area contributed by atoms with E-state index in [2.05, 4.69) is 5.32 Å². The molecule has 3 aromatic rings. The van der Waals surface area contributed by atoms with Crippen molar-refractivity contribution >= 4 is 33.7 Å². The maximum Gasteiger partial charge on any atom is 0.333 e. The van der Waals surface area contributed by atoms with E-state index in [0.717, 1.165) is 27.5 Å². The summed E-state index contributed by atoms with van der Waals surface area (Å²) < 4.78 is 24.9. The van der Waals surface area contributed by atoms with Crippen molar-refractivity contribution in [2.24, 2.45) is 5.14 Å². The van der Waals surface area contributed by atoms with Crippen LogP contribution >= 0.6 is 0 Å². The molecule has 4 rings (SSSR count). The molecule has 0 bridgehead atoms. The highest BCUT2D eigenvalue weighted by atomic mass is 32.2. The second-order valence-corrected chi connectivity index (χ2v) is 8.73. The number of carbonyl (C=O) groups excluding carboxylic acids is 2. The second kappa shape index (κ2) is 7.53. The number of rotatable bonds is 4. The lowest BCUT2D eigenvalue weighted by molar-refractivity contribution is -0.113. The molecule has 1 aliphatic rings. The molecule has 2 aromatic carbocycles. The monoisotopic (exact) mass is 436 g/mol. The molecule has 0 aliphatic carbocycles. The zero-order valence-corrected chi connectivity index (χ0v) is 17.7. The Hall–Kier alpha value is -3.69. The number of benzene rings is 2. The number of para-hydroxylation sites is 1. The molecule has 31 heavy (non-hydrogen) atoms. The van der Waals surface area contributed by atoms with Crippen molar-refractivity contribution < 1.29 is 18.0 Å². The van der Waals surface area contributed by atoms with Crippen molar-refractivity contribution in [1.29, 1.82) is 0 Å². The Kier molecular flexibility index (Phi) is 5.00. The fraction of sp³-hybridized carbons (Fsp3) is 0.0909. The predicted octanol–water partition coefficient (Wildman–Crippen LogP) is 2.84. The van der Waals surface area contributed by atoms with E-state index in [9.17, 15) is 18.0 Å². The SMILES string of the molecule is Cc1cc(C=C2NC(=O)N(c3ccccc3)C2=O)c(C)n1-c1ccc(S(N)(=O)=O)cc1. The van der Waals surface area contributed by atoms with Gasteiger partial charge in [0.25, 0.3) is 5.91 Å². The molecule has 2 heterocycles. The van der Waals surface area contributed by atoms with Crippen molar-refractivity contribution in [3.8, 4) is 5.69 Å². The minimum Gasteiger partial charge on any atom is -0.318 e. The molecule has 0 atom stereocenters. The first-order chi connectivity index (χ1) is 14.7. The fourth-order valence-corrected chi connectivity index (χ4v) is 4.13. The molecule has 3 amide bonds. The minimum absolute atomic E-state index is 0.0290. The van der Waals surface area contributed by atoms with Gasteiger partial charge in [0.2, 0.25) is 10.0 Å². The van der Waals surface area contributed by atoms with E-state index in [1.165, 1.54) is 12.1 Å². The molecule has 0 unspecified atom stereocenters. The number of aromatic nitrogens is 1. The summed E-state index contributed by atoms with van der Waals surface area (Å²) in [6.45, 7) is 3.77. The van der Waals surface area contributed by atoms with Gasteiger partial charge in [-0.3, -0.25) is 4.79 Å². The summed E-state index contributed by atoms with van der Waals surface area (Å²) in [7, 11) is -3.77. The lowest BCUT2D eigenvalue weighted by Gasteiger charge is -2.11. The minimum atomic E-state index is -3.77. The van der Waals surface area contributed by atoms with Crippen LogP contribution in [0.3, 0.4) is 0 Å². The normalized spacial score (nSPS) is 15.6. The number of anilines is 1. The number of sulfonamides is 1. The number of aryl methyl sites for hydroxylation is 1. The lowest BCUT2D eigenvalue weighted by Crippen LogP contribution is -2.30. The molecule has 158 valence electrons. The summed E-state index contributed by atoms with van der Waals surface area (Å²) in [5, 5.41) is 7.79. The van der Waals surface area contributed by atoms with Crippen molar-refractivity contribution in [2.45, 2.75) is 18.7 Å². The summed E-state index contributed by atoms with van der Waals surface area (Å²) in [5.74, 6) is -0.432. The van der Waals surface area contributed by atoms with Crippen LogP contribution in [-0.2, 0) is 14.8 Å². The third kappa shape index (κ3) is 3.76. The first-order valence-electron chi connectivity index (χ1n) is 9.41. The Morgan fingerprint density at radius 2 is 1.58 bits per heavy atom. The molecule has 1 aliphatic heterocycles. The Morgan fingerprint density at radius 1 is 0.935 bits per heavy atom. The van der Waals surface area contributed by atoms with Gasteiger partial charge in [-0.1, -0.05) is 18.2 Å². The maximum absolute atomic E-state index is 12.8. The molecule has 0 spiro atoms. The van der Waals surface area contributed by atoms with Crippen LogP contribution < -0.4 is 15.4 Å². The number of hydrogen-bond acceptors (Lipinski definition) is 4. The van der Waals surface area contributed by atoms with Crippen LogP contribution in [-0.4, -0.2) is 24.9 Å². The molecule has 1 saturated heterocycles. The Labute approximate surface area is 179 Å². The quantitative estimate of drug-likeness (QED) is 0.483. The highest BCUT2D eigenvalue weighted by Crippen LogP contribution is 2.26. The molecule has 0 radical (unpaired) electrons. The summed E-state index contributed by atoms with van der Waals surface area (Å²) in [6, 6.07) is 16.3. The second-order valence-electron chi connectivity index (χ2n) is 7.17. The van der Waals surface area contributed by atoms with E-state index in [-0.39, 0.29) is 10.6 Å². The van der Waals surface area contributed by atoms with Gasteiger partial charge in [0, 0.05) is 17.1 Å². The number of nitrogens with two attached hydrogens (primary N) is 1. The lowest BCUT2D eigenvalue weighted by atomic mass is 10.2. The van der Waals surface area contributed by atoms with Gasteiger partial charge in [0.15, 0.2) is 0 Å². The number of nitrogens with one attached hydrogen (secondary N) is 1. The molecule has 8 nitrogen and oxygen atoms in total. The smallest absolute Gasteiger partial charge is 0.318 e. The van der Waals surface area contributed by atoms with Gasteiger partial charge >= 0.3 is 6.03 Å². The summed E-state index contributed by atoms with van der Waals surface area (Å²) in [5.41, 5.74) is 3.89. The number of primary sulfonamides is 1. The first kappa shape index (κ1) is 20.6. The number of hydrogen-bond donors (Lipinski definition) is 2. The highest BCUT2D eigenvalue weighted by Gasteiger charge is 2.34. The van der Waals surface area contributed by atoms with E-state index >= 15 is 0 Å². The molecular weight excluding hydrogens is 416 g/mol. The third-order valence-corrected chi connectivity index (χ3v) is 6.02. The van der Waals surface area contributed by atoms with Crippen LogP contribution in [0, 0.1) is 13.8 Å². The Bertz CT molecular complexity index is 1320. The van der Waals surface area contributed by atoms with E-state index in [1.807, 2.05) is 30.5 Å². The number of urea groups is 1. The molecule has 1 fully saturated rings. The van der Waals surface area contributed by atoms with Crippen LogP contribution in [0.5, 0.6) is 0 Å². The van der Waals surface area contributed by atoms with Crippen LogP contribution in [0.1, 0.15) is 17.0 Å². The van der Waals surface area contributed by atoms with Gasteiger partial charge in [-0.2, -0.15) is 0 Å². The van der Waals surface area contributed by atoms with Gasteiger partial charge < -0.3 is 9.88 Å². The van der Waals surface area contributed by atoms with E-state index in [1.54, 1.807) is 42.5 Å². The zero-order valence-electron chi connectivity index (χ0n) is 16.9. The van der Waals surface area contributed by atoms with Crippen LogP contribution in [0.4, 0.5) is 10.5 Å². The molecule has 0 saturated carbocycles.